The van der Waals surface area contributed by atoms with Crippen molar-refractivity contribution in [3.63, 3.8) is 0 Å². The van der Waals surface area contributed by atoms with Crippen LogP contribution in [0, 0.1) is 5.92 Å². The van der Waals surface area contributed by atoms with Crippen molar-refractivity contribution < 1.29 is 4.74 Å². The van der Waals surface area contributed by atoms with E-state index in [9.17, 15) is 0 Å². The van der Waals surface area contributed by atoms with Gasteiger partial charge in [-0.3, -0.25) is 0 Å². The quantitative estimate of drug-likeness (QED) is 0.660. The summed E-state index contributed by atoms with van der Waals surface area (Å²) in [5, 5.41) is 2.61. The van der Waals surface area contributed by atoms with Crippen molar-refractivity contribution in [2.45, 2.75) is 18.2 Å². The Kier molecular flexibility index (Phi) is 3.36. The molecule has 1 unspecified atom stereocenters. The Morgan fingerprint density at radius 2 is 1.76 bits per heavy atom. The molecule has 2 aromatic carbocycles. The molecule has 2 heterocycles. The predicted octanol–water partition coefficient (Wildman–Crippen LogP) is 5.03. The lowest BCUT2D eigenvalue weighted by atomic mass is 9.91. The van der Waals surface area contributed by atoms with Crippen LogP contribution in [0.2, 0.25) is 0 Å². The fourth-order valence-corrected chi connectivity index (χ4v) is 3.71. The Morgan fingerprint density at radius 1 is 1.00 bits per heavy atom. The first-order valence-electron chi connectivity index (χ1n) is 7.55. The van der Waals surface area contributed by atoms with Crippen molar-refractivity contribution in [2.24, 2.45) is 5.92 Å². The number of H-pyrrole nitrogens is 1. The van der Waals surface area contributed by atoms with E-state index < -0.39 is 0 Å². The summed E-state index contributed by atoms with van der Waals surface area (Å²) in [6.45, 7) is 1.67. The maximum atomic E-state index is 6.74. The number of nitrogens with one attached hydrogen (secondary N) is 1. The maximum absolute atomic E-state index is 6.74. The summed E-state index contributed by atoms with van der Waals surface area (Å²) < 4.78 is 5.44. The third-order valence-electron chi connectivity index (χ3n) is 4.53. The molecule has 1 fully saturated rings. The molecule has 0 bridgehead atoms. The van der Waals surface area contributed by atoms with E-state index in [0.717, 1.165) is 26.1 Å². The molecule has 4 rings (SSSR count). The number of benzene rings is 2. The predicted molar refractivity (Wildman–Crippen MR) is 87.9 cm³/mol. The number of rotatable bonds is 2. The van der Waals surface area contributed by atoms with E-state index in [-0.39, 0.29) is 5.38 Å². The number of aromatic amines is 1. The number of halogens is 1. The van der Waals surface area contributed by atoms with Crippen LogP contribution in [0.5, 0.6) is 0 Å². The van der Waals surface area contributed by atoms with Gasteiger partial charge in [-0.2, -0.15) is 0 Å². The first-order valence-corrected chi connectivity index (χ1v) is 7.99. The van der Waals surface area contributed by atoms with Crippen molar-refractivity contribution in [3.05, 3.63) is 48.0 Å². The van der Waals surface area contributed by atoms with Gasteiger partial charge in [0.1, 0.15) is 0 Å². The average molecular weight is 300 g/mol. The Morgan fingerprint density at radius 3 is 2.62 bits per heavy atom. The first-order chi connectivity index (χ1) is 10.3. The number of fused-ring (bicyclic) bond motifs is 3. The molecule has 2 nitrogen and oxygen atoms in total. The third kappa shape index (κ3) is 2.33. The van der Waals surface area contributed by atoms with Crippen molar-refractivity contribution in [2.75, 3.05) is 13.2 Å². The minimum Gasteiger partial charge on any atom is -0.381 e. The molecule has 3 aromatic rings. The fraction of sp³-hybridized carbons (Fsp3) is 0.333. The van der Waals surface area contributed by atoms with Crippen LogP contribution >= 0.6 is 11.6 Å². The summed E-state index contributed by atoms with van der Waals surface area (Å²) in [6.07, 6.45) is 2.11. The van der Waals surface area contributed by atoms with Crippen LogP contribution in [0.4, 0.5) is 0 Å². The van der Waals surface area contributed by atoms with Crippen LogP contribution in [0.25, 0.3) is 21.8 Å². The van der Waals surface area contributed by atoms with Gasteiger partial charge in [-0.25, -0.2) is 0 Å². The molecule has 0 radical (unpaired) electrons. The molecule has 0 amide bonds. The molecule has 1 aliphatic heterocycles. The van der Waals surface area contributed by atoms with Gasteiger partial charge in [-0.1, -0.05) is 24.3 Å². The zero-order valence-electron chi connectivity index (χ0n) is 11.8. The largest absolute Gasteiger partial charge is 0.381 e. The van der Waals surface area contributed by atoms with E-state index in [4.69, 9.17) is 16.3 Å². The van der Waals surface area contributed by atoms with E-state index >= 15 is 0 Å². The van der Waals surface area contributed by atoms with Crippen molar-refractivity contribution in [1.29, 1.82) is 0 Å². The Labute approximate surface area is 129 Å². The molecule has 3 heteroatoms. The van der Waals surface area contributed by atoms with E-state index in [1.54, 1.807) is 0 Å². The molecule has 108 valence electrons. The highest BCUT2D eigenvalue weighted by atomic mass is 35.5. The van der Waals surface area contributed by atoms with Crippen molar-refractivity contribution in [1.82, 2.24) is 4.98 Å². The molecule has 0 aliphatic carbocycles. The highest BCUT2D eigenvalue weighted by Gasteiger charge is 2.24. The second-order valence-corrected chi connectivity index (χ2v) is 6.30. The summed E-state index contributed by atoms with van der Waals surface area (Å²) >= 11 is 6.74. The van der Waals surface area contributed by atoms with Gasteiger partial charge in [-0.15, -0.1) is 11.6 Å². The molecule has 0 spiro atoms. The minimum absolute atomic E-state index is 0.0759. The van der Waals surface area contributed by atoms with Gasteiger partial charge in [0.05, 0.1) is 5.38 Å². The summed E-state index contributed by atoms with van der Waals surface area (Å²) in [5.74, 6) is 0.517. The highest BCUT2D eigenvalue weighted by molar-refractivity contribution is 6.21. The van der Waals surface area contributed by atoms with Crippen LogP contribution in [0.3, 0.4) is 0 Å². The van der Waals surface area contributed by atoms with Gasteiger partial charge in [-0.05, 0) is 42.5 Å². The topological polar surface area (TPSA) is 25.0 Å². The summed E-state index contributed by atoms with van der Waals surface area (Å²) in [7, 11) is 0. The molecular formula is C18H18ClNO. The standard InChI is InChI=1S/C18H18ClNO/c19-18(12-7-9-21-10-8-12)13-5-6-17-15(11-13)14-3-1-2-4-16(14)20-17/h1-6,11-12,18,20H,7-10H2. The molecular weight excluding hydrogens is 282 g/mol. The molecule has 21 heavy (non-hydrogen) atoms. The monoisotopic (exact) mass is 299 g/mol. The van der Waals surface area contributed by atoms with E-state index in [0.29, 0.717) is 5.92 Å². The third-order valence-corrected chi connectivity index (χ3v) is 5.14. The SMILES string of the molecule is ClC(c1ccc2[nH]c3ccccc3c2c1)C1CCOCC1. The van der Waals surface area contributed by atoms with Crippen molar-refractivity contribution in [3.8, 4) is 0 Å². The number of hydrogen-bond donors (Lipinski definition) is 1. The number of para-hydroxylation sites is 1. The second-order valence-electron chi connectivity index (χ2n) is 5.83. The fourth-order valence-electron chi connectivity index (χ4n) is 3.32. The molecule has 0 saturated carbocycles. The molecule has 1 atom stereocenters. The van der Waals surface area contributed by atoms with Crippen LogP contribution in [-0.4, -0.2) is 18.2 Å². The smallest absolute Gasteiger partial charge is 0.0615 e. The molecule has 1 saturated heterocycles. The van der Waals surface area contributed by atoms with Crippen LogP contribution in [-0.2, 0) is 4.74 Å². The van der Waals surface area contributed by atoms with Gasteiger partial charge in [0.15, 0.2) is 0 Å². The number of alkyl halides is 1. The zero-order valence-corrected chi connectivity index (χ0v) is 12.6. The lowest BCUT2D eigenvalue weighted by Gasteiger charge is -2.26. The normalized spacial score (nSPS) is 18.3. The molecule has 1 N–H and O–H groups in total. The lowest BCUT2D eigenvalue weighted by Crippen LogP contribution is -2.19. The summed E-state index contributed by atoms with van der Waals surface area (Å²) in [4.78, 5) is 3.46. The van der Waals surface area contributed by atoms with Crippen LogP contribution < -0.4 is 0 Å². The maximum Gasteiger partial charge on any atom is 0.0615 e. The van der Waals surface area contributed by atoms with Crippen LogP contribution in [0.15, 0.2) is 42.5 Å². The average Bonchev–Trinajstić information content (AvgIpc) is 2.93. The van der Waals surface area contributed by atoms with Gasteiger partial charge >= 0.3 is 0 Å². The molecule has 1 aromatic heterocycles. The minimum atomic E-state index is 0.0759. The Bertz CT molecular complexity index is 773. The number of ether oxygens (including phenoxy) is 1. The van der Waals surface area contributed by atoms with E-state index in [1.807, 2.05) is 0 Å². The Hall–Kier alpha value is -1.51. The Balaban J connectivity index is 1.76. The van der Waals surface area contributed by atoms with Gasteiger partial charge < -0.3 is 9.72 Å². The van der Waals surface area contributed by atoms with Gasteiger partial charge in [0.25, 0.3) is 0 Å². The summed E-state index contributed by atoms with van der Waals surface area (Å²) in [6, 6.07) is 15.0. The van der Waals surface area contributed by atoms with Gasteiger partial charge in [0, 0.05) is 35.0 Å². The van der Waals surface area contributed by atoms with Crippen LogP contribution in [0.1, 0.15) is 23.8 Å². The number of hydrogen-bond acceptors (Lipinski definition) is 1. The number of aromatic nitrogens is 1. The van der Waals surface area contributed by atoms with Gasteiger partial charge in [0.2, 0.25) is 0 Å². The highest BCUT2D eigenvalue weighted by Crippen LogP contribution is 2.37. The van der Waals surface area contributed by atoms with E-state index in [2.05, 4.69) is 47.4 Å². The molecule has 1 aliphatic rings. The lowest BCUT2D eigenvalue weighted by molar-refractivity contribution is 0.0651. The zero-order chi connectivity index (χ0) is 14.2. The second kappa shape index (κ2) is 5.36. The van der Waals surface area contributed by atoms with Crippen molar-refractivity contribution >= 4 is 33.4 Å². The summed E-state index contributed by atoms with van der Waals surface area (Å²) in [5.41, 5.74) is 3.58. The van der Waals surface area contributed by atoms with E-state index in [1.165, 1.54) is 27.4 Å². The first kappa shape index (κ1) is 13.2.